The molecule has 0 aliphatic carbocycles. The smallest absolute Gasteiger partial charge is 0.462 e. The van der Waals surface area contributed by atoms with Crippen molar-refractivity contribution >= 4 is 25.7 Å². The molecule has 0 bridgehead atoms. The highest BCUT2D eigenvalue weighted by Crippen LogP contribution is 2.43. The number of hydrogen-bond donors (Lipinski definition) is 2. The predicted molar refractivity (Wildman–Crippen MR) is 279 cm³/mol. The van der Waals surface area contributed by atoms with Crippen LogP contribution in [0.4, 0.5) is 0 Å². The first-order chi connectivity index (χ1) is 33.2. The van der Waals surface area contributed by atoms with E-state index >= 15 is 0 Å². The highest BCUT2D eigenvalue weighted by molar-refractivity contribution is 7.47. The summed E-state index contributed by atoms with van der Waals surface area (Å²) in [7, 11) is -4.75. The number of carbonyl (C=O) groups excluding carboxylic acids is 3. The first kappa shape index (κ1) is 65.4. The molecule has 68 heavy (non-hydrogen) atoms. The average Bonchev–Trinajstić information content (AvgIpc) is 3.32. The van der Waals surface area contributed by atoms with Gasteiger partial charge in [-0.05, 0) is 96.3 Å². The summed E-state index contributed by atoms with van der Waals surface area (Å²) in [6.07, 6.45) is 52.1. The standard InChI is InChI=1S/C56H101O11P/c1-4-7-10-13-16-19-22-24-25-26-27-29-32-35-38-41-44-47-56(60)67-53(49-63-54(58)45-42-39-36-33-30-21-18-15-12-9-6-3)51-65-68(61,62)64-50-52(48-57)66-55(59)46-43-40-37-34-31-28-23-20-17-14-11-8-5-2/h15-16,18-20,23-25,52-53,57H,4-14,17,21-22,26-51H2,1-3H3,(H,61,62)/b18-15-,19-16-,23-20-,25-24-. The van der Waals surface area contributed by atoms with Crippen molar-refractivity contribution < 1.29 is 52.2 Å². The normalized spacial score (nSPS) is 13.8. The second kappa shape index (κ2) is 50.8. The van der Waals surface area contributed by atoms with Crippen LogP contribution in [0.1, 0.15) is 252 Å². The van der Waals surface area contributed by atoms with Crippen LogP contribution < -0.4 is 0 Å². The van der Waals surface area contributed by atoms with Crippen LogP contribution >= 0.6 is 7.82 Å². The molecule has 12 heteroatoms. The number of aliphatic hydroxyl groups is 1. The van der Waals surface area contributed by atoms with E-state index in [2.05, 4.69) is 69.4 Å². The molecule has 0 rings (SSSR count). The maximum atomic E-state index is 12.9. The Bertz CT molecular complexity index is 1330. The lowest BCUT2D eigenvalue weighted by molar-refractivity contribution is -0.161. The Kier molecular flexibility index (Phi) is 48.9. The van der Waals surface area contributed by atoms with Crippen LogP contribution in [-0.4, -0.2) is 66.5 Å². The van der Waals surface area contributed by atoms with E-state index in [1.807, 2.05) is 0 Å². The van der Waals surface area contributed by atoms with E-state index in [0.29, 0.717) is 19.3 Å². The van der Waals surface area contributed by atoms with Crippen LogP contribution in [0, 0.1) is 0 Å². The fraction of sp³-hybridized carbons (Fsp3) is 0.804. The van der Waals surface area contributed by atoms with Crippen molar-refractivity contribution in [3.63, 3.8) is 0 Å². The second-order valence-electron chi connectivity index (χ2n) is 18.4. The number of phosphoric acid groups is 1. The first-order valence-electron chi connectivity index (χ1n) is 27.5. The number of allylic oxidation sites excluding steroid dienone is 8. The quantitative estimate of drug-likeness (QED) is 0.0197. The van der Waals surface area contributed by atoms with Gasteiger partial charge in [-0.1, -0.05) is 185 Å². The van der Waals surface area contributed by atoms with Gasteiger partial charge in [0.15, 0.2) is 6.10 Å². The number of aliphatic hydroxyl groups excluding tert-OH is 1. The van der Waals surface area contributed by atoms with Crippen molar-refractivity contribution in [1.82, 2.24) is 0 Å². The third-order valence-corrected chi connectivity index (χ3v) is 12.6. The van der Waals surface area contributed by atoms with Crippen molar-refractivity contribution in [2.75, 3.05) is 26.4 Å². The Morgan fingerprint density at radius 3 is 1.18 bits per heavy atom. The fourth-order valence-electron chi connectivity index (χ4n) is 7.42. The third kappa shape index (κ3) is 48.5. The number of rotatable bonds is 51. The van der Waals surface area contributed by atoms with Gasteiger partial charge < -0.3 is 24.2 Å². The average molecular weight is 981 g/mol. The zero-order valence-electron chi connectivity index (χ0n) is 43.6. The van der Waals surface area contributed by atoms with E-state index in [0.717, 1.165) is 116 Å². The Morgan fingerprint density at radius 1 is 0.412 bits per heavy atom. The molecule has 2 N–H and O–H groups in total. The number of ether oxygens (including phenoxy) is 3. The van der Waals surface area contributed by atoms with Crippen molar-refractivity contribution in [3.05, 3.63) is 48.6 Å². The molecule has 0 amide bonds. The summed E-state index contributed by atoms with van der Waals surface area (Å²) in [6, 6.07) is 0. The fourth-order valence-corrected chi connectivity index (χ4v) is 8.20. The number of carbonyl (C=O) groups is 3. The highest BCUT2D eigenvalue weighted by Gasteiger charge is 2.28. The van der Waals surface area contributed by atoms with E-state index in [4.69, 9.17) is 23.3 Å². The first-order valence-corrected chi connectivity index (χ1v) is 29.0. The number of phosphoric ester groups is 1. The number of esters is 3. The molecule has 0 saturated carbocycles. The molecule has 0 spiro atoms. The van der Waals surface area contributed by atoms with Crippen molar-refractivity contribution in [2.45, 2.75) is 264 Å². The molecule has 0 aromatic heterocycles. The Balaban J connectivity index is 4.72. The van der Waals surface area contributed by atoms with E-state index in [-0.39, 0.29) is 25.9 Å². The SMILES string of the molecule is CCCC/C=C\CCCCCCCC(=O)OCC(COP(=O)(O)OCC(CO)OC(=O)CCCCCCC/C=C\CCCCCC)OC(=O)CCCCCCCCC/C=C\C/C=C\CCCCC. The van der Waals surface area contributed by atoms with Crippen LogP contribution in [0.5, 0.6) is 0 Å². The van der Waals surface area contributed by atoms with E-state index in [1.165, 1.54) is 77.0 Å². The van der Waals surface area contributed by atoms with Crippen LogP contribution in [0.2, 0.25) is 0 Å². The molecule has 0 aromatic carbocycles. The molecule has 3 unspecified atom stereocenters. The van der Waals surface area contributed by atoms with Crippen LogP contribution in [0.3, 0.4) is 0 Å². The van der Waals surface area contributed by atoms with Crippen LogP contribution in [0.25, 0.3) is 0 Å². The lowest BCUT2D eigenvalue weighted by Crippen LogP contribution is -2.30. The van der Waals surface area contributed by atoms with Gasteiger partial charge in [0.25, 0.3) is 0 Å². The molecule has 0 aliphatic rings. The molecular weight excluding hydrogens is 880 g/mol. The monoisotopic (exact) mass is 981 g/mol. The van der Waals surface area contributed by atoms with Crippen LogP contribution in [-0.2, 0) is 42.2 Å². The summed E-state index contributed by atoms with van der Waals surface area (Å²) in [5, 5.41) is 9.78. The molecule has 3 atom stereocenters. The Hall–Kier alpha value is -2.56. The lowest BCUT2D eigenvalue weighted by Gasteiger charge is -2.21. The van der Waals surface area contributed by atoms with E-state index in [1.54, 1.807) is 0 Å². The van der Waals surface area contributed by atoms with Crippen LogP contribution in [0.15, 0.2) is 48.6 Å². The summed E-state index contributed by atoms with van der Waals surface area (Å²) in [5.74, 6) is -1.49. The summed E-state index contributed by atoms with van der Waals surface area (Å²) < 4.78 is 39.4. The van der Waals surface area contributed by atoms with E-state index < -0.39 is 57.8 Å². The summed E-state index contributed by atoms with van der Waals surface area (Å²) in [4.78, 5) is 48.4. The van der Waals surface area contributed by atoms with Crippen molar-refractivity contribution in [1.29, 1.82) is 0 Å². The van der Waals surface area contributed by atoms with Gasteiger partial charge in [-0.25, -0.2) is 4.57 Å². The molecule has 0 fully saturated rings. The van der Waals surface area contributed by atoms with Gasteiger partial charge in [-0.15, -0.1) is 0 Å². The zero-order valence-corrected chi connectivity index (χ0v) is 44.5. The van der Waals surface area contributed by atoms with Gasteiger partial charge in [0.2, 0.25) is 0 Å². The van der Waals surface area contributed by atoms with Gasteiger partial charge >= 0.3 is 25.7 Å². The molecule has 0 heterocycles. The third-order valence-electron chi connectivity index (χ3n) is 11.7. The number of hydrogen-bond acceptors (Lipinski definition) is 10. The molecule has 396 valence electrons. The van der Waals surface area contributed by atoms with E-state index in [9.17, 15) is 28.9 Å². The van der Waals surface area contributed by atoms with Gasteiger partial charge in [0.1, 0.15) is 12.7 Å². The molecule has 11 nitrogen and oxygen atoms in total. The minimum Gasteiger partial charge on any atom is -0.462 e. The molecule has 0 saturated heterocycles. The van der Waals surface area contributed by atoms with Gasteiger partial charge in [0, 0.05) is 19.3 Å². The van der Waals surface area contributed by atoms with Gasteiger partial charge in [-0.3, -0.25) is 23.4 Å². The number of unbranched alkanes of at least 4 members (excludes halogenated alkanes) is 26. The van der Waals surface area contributed by atoms with Crippen molar-refractivity contribution in [3.8, 4) is 0 Å². The molecule has 0 aliphatic heterocycles. The molecule has 0 radical (unpaired) electrons. The molecular formula is C56H101O11P. The maximum Gasteiger partial charge on any atom is 0.472 e. The largest absolute Gasteiger partial charge is 0.472 e. The Morgan fingerprint density at radius 2 is 0.735 bits per heavy atom. The van der Waals surface area contributed by atoms with Crippen molar-refractivity contribution in [2.24, 2.45) is 0 Å². The highest BCUT2D eigenvalue weighted by atomic mass is 31.2. The predicted octanol–water partition coefficient (Wildman–Crippen LogP) is 15.8. The maximum absolute atomic E-state index is 12.9. The summed E-state index contributed by atoms with van der Waals surface area (Å²) >= 11 is 0. The van der Waals surface area contributed by atoms with Gasteiger partial charge in [-0.2, -0.15) is 0 Å². The Labute approximate surface area is 415 Å². The zero-order chi connectivity index (χ0) is 49.9. The topological polar surface area (TPSA) is 155 Å². The van der Waals surface area contributed by atoms with Gasteiger partial charge in [0.05, 0.1) is 19.8 Å². The second-order valence-corrected chi connectivity index (χ2v) is 19.8. The summed E-state index contributed by atoms with van der Waals surface area (Å²) in [5.41, 5.74) is 0. The molecule has 0 aromatic rings. The summed E-state index contributed by atoms with van der Waals surface area (Å²) in [6.45, 7) is 4.54. The minimum absolute atomic E-state index is 0.157. The minimum atomic E-state index is -4.75. The lowest BCUT2D eigenvalue weighted by atomic mass is 10.1.